The van der Waals surface area contributed by atoms with Crippen LogP contribution in [0.15, 0.2) is 0 Å². The van der Waals surface area contributed by atoms with E-state index in [1.165, 1.54) is 12.8 Å². The van der Waals surface area contributed by atoms with E-state index in [9.17, 15) is 9.90 Å². The van der Waals surface area contributed by atoms with E-state index in [1.807, 2.05) is 13.8 Å². The molecular formula is C15H30N2O3. The van der Waals surface area contributed by atoms with Crippen molar-refractivity contribution in [3.05, 3.63) is 0 Å². The average Bonchev–Trinajstić information content (AvgIpc) is 3.12. The molecule has 2 unspecified atom stereocenters. The molecule has 0 aliphatic heterocycles. The van der Waals surface area contributed by atoms with Gasteiger partial charge in [-0.05, 0) is 47.0 Å². The highest BCUT2D eigenvalue weighted by Crippen LogP contribution is 2.30. The zero-order valence-corrected chi connectivity index (χ0v) is 13.5. The Morgan fingerprint density at radius 1 is 1.45 bits per heavy atom. The van der Waals surface area contributed by atoms with Crippen LogP contribution >= 0.6 is 0 Å². The highest BCUT2D eigenvalue weighted by molar-refractivity contribution is 5.78. The Balaban J connectivity index is 2.67. The molecule has 20 heavy (non-hydrogen) atoms. The van der Waals surface area contributed by atoms with Gasteiger partial charge in [0, 0.05) is 31.8 Å². The van der Waals surface area contributed by atoms with Crippen LogP contribution in [0, 0.1) is 0 Å². The first-order valence-corrected chi connectivity index (χ1v) is 7.56. The Bertz CT molecular complexity index is 318. The summed E-state index contributed by atoms with van der Waals surface area (Å²) in [7, 11) is 1.71. The van der Waals surface area contributed by atoms with Crippen molar-refractivity contribution in [1.29, 1.82) is 0 Å². The Morgan fingerprint density at radius 3 is 2.45 bits per heavy atom. The van der Waals surface area contributed by atoms with Crippen LogP contribution in [-0.4, -0.2) is 59.9 Å². The predicted octanol–water partition coefficient (Wildman–Crippen LogP) is 1.72. The van der Waals surface area contributed by atoms with Gasteiger partial charge >= 0.3 is 5.97 Å². The van der Waals surface area contributed by atoms with Gasteiger partial charge in [-0.2, -0.15) is 0 Å². The summed E-state index contributed by atoms with van der Waals surface area (Å²) in [6.45, 7) is 9.44. The van der Waals surface area contributed by atoms with Crippen LogP contribution in [0.25, 0.3) is 0 Å². The zero-order chi connectivity index (χ0) is 15.3. The minimum absolute atomic E-state index is 0.150. The Labute approximate surface area is 122 Å². The summed E-state index contributed by atoms with van der Waals surface area (Å²) in [6, 6.07) is 0.985. The number of nitrogens with zero attached hydrogens (tertiary/aromatic N) is 1. The van der Waals surface area contributed by atoms with E-state index in [-0.39, 0.29) is 12.1 Å². The van der Waals surface area contributed by atoms with Gasteiger partial charge in [-0.25, -0.2) is 0 Å². The lowest BCUT2D eigenvalue weighted by molar-refractivity contribution is -0.145. The fraction of sp³-hybridized carbons (Fsp3) is 0.933. The molecule has 1 rings (SSSR count). The zero-order valence-electron chi connectivity index (χ0n) is 13.5. The maximum Gasteiger partial charge on any atom is 0.323 e. The quantitative estimate of drug-likeness (QED) is 0.640. The van der Waals surface area contributed by atoms with Crippen LogP contribution < -0.4 is 5.32 Å². The molecule has 1 aliphatic rings. The van der Waals surface area contributed by atoms with E-state index < -0.39 is 11.5 Å². The van der Waals surface area contributed by atoms with E-state index in [4.69, 9.17) is 4.74 Å². The van der Waals surface area contributed by atoms with Gasteiger partial charge in [0.25, 0.3) is 0 Å². The molecule has 1 saturated carbocycles. The summed E-state index contributed by atoms with van der Waals surface area (Å²) >= 11 is 0. The molecule has 5 nitrogen and oxygen atoms in total. The van der Waals surface area contributed by atoms with Gasteiger partial charge < -0.3 is 9.84 Å². The van der Waals surface area contributed by atoms with Crippen molar-refractivity contribution < 1.29 is 14.6 Å². The SMILES string of the molecule is COCCN(C(C)CC(C)(NC(C)C)C(=O)O)C1CC1. The van der Waals surface area contributed by atoms with Gasteiger partial charge in [-0.15, -0.1) is 0 Å². The molecule has 2 N–H and O–H groups in total. The maximum atomic E-state index is 11.6. The number of methoxy groups -OCH3 is 1. The smallest absolute Gasteiger partial charge is 0.323 e. The molecule has 0 aromatic heterocycles. The second-order valence-electron chi connectivity index (χ2n) is 6.45. The molecule has 0 radical (unpaired) electrons. The number of carboxylic acid groups (broad SMARTS) is 1. The lowest BCUT2D eigenvalue weighted by Crippen LogP contribution is -2.56. The number of hydrogen-bond acceptors (Lipinski definition) is 4. The average molecular weight is 286 g/mol. The van der Waals surface area contributed by atoms with Crippen LogP contribution in [-0.2, 0) is 9.53 Å². The van der Waals surface area contributed by atoms with Crippen LogP contribution in [0.4, 0.5) is 0 Å². The standard InChI is InChI=1S/C15H30N2O3/c1-11(2)16-15(4,14(18)19)10-12(3)17(8-9-20-5)13-6-7-13/h11-13,16H,6-10H2,1-5H3,(H,18,19). The number of ether oxygens (including phenoxy) is 1. The van der Waals surface area contributed by atoms with Gasteiger partial charge in [-0.3, -0.25) is 15.0 Å². The van der Waals surface area contributed by atoms with Crippen LogP contribution in [0.3, 0.4) is 0 Å². The summed E-state index contributed by atoms with van der Waals surface area (Å²) in [4.78, 5) is 14.0. The molecule has 0 heterocycles. The first-order valence-electron chi connectivity index (χ1n) is 7.56. The van der Waals surface area contributed by atoms with Gasteiger partial charge in [0.15, 0.2) is 0 Å². The van der Waals surface area contributed by atoms with Crippen LogP contribution in [0.1, 0.15) is 47.0 Å². The van der Waals surface area contributed by atoms with E-state index in [2.05, 4.69) is 17.1 Å². The number of carbonyl (C=O) groups is 1. The fourth-order valence-corrected chi connectivity index (χ4v) is 2.92. The molecular weight excluding hydrogens is 256 g/mol. The molecule has 0 aromatic carbocycles. The lowest BCUT2D eigenvalue weighted by Gasteiger charge is -2.36. The van der Waals surface area contributed by atoms with Crippen LogP contribution in [0.2, 0.25) is 0 Å². The van der Waals surface area contributed by atoms with E-state index in [0.29, 0.717) is 19.1 Å². The van der Waals surface area contributed by atoms with Crippen molar-refractivity contribution in [2.75, 3.05) is 20.3 Å². The number of hydrogen-bond donors (Lipinski definition) is 2. The molecule has 0 bridgehead atoms. The van der Waals surface area contributed by atoms with Gasteiger partial charge in [0.05, 0.1) is 6.61 Å². The van der Waals surface area contributed by atoms with Gasteiger partial charge in [0.1, 0.15) is 5.54 Å². The van der Waals surface area contributed by atoms with Crippen molar-refractivity contribution in [3.8, 4) is 0 Å². The Hall–Kier alpha value is -0.650. The third-order valence-electron chi connectivity index (χ3n) is 3.92. The summed E-state index contributed by atoms with van der Waals surface area (Å²) in [5.41, 5.74) is -0.881. The second kappa shape index (κ2) is 7.38. The minimum Gasteiger partial charge on any atom is -0.480 e. The Kier molecular flexibility index (Phi) is 6.43. The van der Waals surface area contributed by atoms with Gasteiger partial charge in [-0.1, -0.05) is 0 Å². The van der Waals surface area contributed by atoms with Crippen molar-refractivity contribution in [1.82, 2.24) is 10.2 Å². The summed E-state index contributed by atoms with van der Waals surface area (Å²) in [6.07, 6.45) is 3.03. The normalized spacial score (nSPS) is 20.1. The van der Waals surface area contributed by atoms with Crippen molar-refractivity contribution >= 4 is 5.97 Å². The highest BCUT2D eigenvalue weighted by Gasteiger charge is 2.39. The van der Waals surface area contributed by atoms with Gasteiger partial charge in [0.2, 0.25) is 0 Å². The van der Waals surface area contributed by atoms with E-state index >= 15 is 0 Å². The maximum absolute atomic E-state index is 11.6. The number of aliphatic carboxylic acids is 1. The summed E-state index contributed by atoms with van der Waals surface area (Å²) in [5.74, 6) is -0.777. The number of rotatable bonds is 10. The second-order valence-corrected chi connectivity index (χ2v) is 6.45. The molecule has 118 valence electrons. The third-order valence-corrected chi connectivity index (χ3v) is 3.92. The molecule has 2 atom stereocenters. The molecule has 0 aromatic rings. The Morgan fingerprint density at radius 2 is 2.05 bits per heavy atom. The van der Waals surface area contributed by atoms with E-state index in [1.54, 1.807) is 14.0 Å². The highest BCUT2D eigenvalue weighted by atomic mass is 16.5. The summed E-state index contributed by atoms with van der Waals surface area (Å²) < 4.78 is 5.17. The minimum atomic E-state index is -0.881. The fourth-order valence-electron chi connectivity index (χ4n) is 2.92. The lowest BCUT2D eigenvalue weighted by atomic mass is 9.92. The predicted molar refractivity (Wildman–Crippen MR) is 80.0 cm³/mol. The van der Waals surface area contributed by atoms with Crippen molar-refractivity contribution in [2.45, 2.75) is 70.6 Å². The molecule has 1 aliphatic carbocycles. The molecule has 0 amide bonds. The third kappa shape index (κ3) is 5.04. The monoisotopic (exact) mass is 286 g/mol. The number of carboxylic acids is 1. The molecule has 1 fully saturated rings. The van der Waals surface area contributed by atoms with E-state index in [0.717, 1.165) is 6.54 Å². The number of nitrogens with one attached hydrogen (secondary N) is 1. The van der Waals surface area contributed by atoms with Crippen molar-refractivity contribution in [2.24, 2.45) is 0 Å². The molecule has 0 saturated heterocycles. The largest absolute Gasteiger partial charge is 0.480 e. The first-order chi connectivity index (χ1) is 9.30. The molecule has 0 spiro atoms. The topological polar surface area (TPSA) is 61.8 Å². The first kappa shape index (κ1) is 17.4. The summed E-state index contributed by atoms with van der Waals surface area (Å²) in [5, 5.41) is 12.7. The van der Waals surface area contributed by atoms with Crippen LogP contribution in [0.5, 0.6) is 0 Å². The van der Waals surface area contributed by atoms with Crippen molar-refractivity contribution in [3.63, 3.8) is 0 Å². The molecule has 5 heteroatoms.